The highest BCUT2D eigenvalue weighted by Crippen LogP contribution is 2.33. The van der Waals surface area contributed by atoms with E-state index in [1.54, 1.807) is 49.4 Å². The van der Waals surface area contributed by atoms with Gasteiger partial charge in [0.05, 0.1) is 21.4 Å². The number of hydrogen-bond donors (Lipinski definition) is 2. The van der Waals surface area contributed by atoms with E-state index in [-0.39, 0.29) is 16.7 Å². The van der Waals surface area contributed by atoms with Crippen LogP contribution in [-0.2, 0) is 6.42 Å². The SMILES string of the molecule is Cc1c(C(=O)Nc2cccc(Cl)c2Cl)oc2c1/C(=N/NC(=O)c1ccc(Cl)cc1)CCC2. The van der Waals surface area contributed by atoms with Crippen LogP contribution >= 0.6 is 34.8 Å². The molecule has 32 heavy (non-hydrogen) atoms. The second-order valence-corrected chi connectivity index (χ2v) is 8.49. The number of anilines is 1. The van der Waals surface area contributed by atoms with Gasteiger partial charge in [-0.15, -0.1) is 0 Å². The second-order valence-electron chi connectivity index (χ2n) is 7.27. The zero-order valence-corrected chi connectivity index (χ0v) is 19.2. The number of aryl methyl sites for hydroxylation is 1. The molecule has 2 aromatic carbocycles. The Morgan fingerprint density at radius 1 is 1.00 bits per heavy atom. The van der Waals surface area contributed by atoms with Crippen LogP contribution in [0.25, 0.3) is 0 Å². The van der Waals surface area contributed by atoms with Crippen molar-refractivity contribution in [3.63, 3.8) is 0 Å². The molecule has 0 unspecified atom stereocenters. The number of nitrogens with zero attached hydrogens (tertiary/aromatic N) is 1. The largest absolute Gasteiger partial charge is 0.455 e. The van der Waals surface area contributed by atoms with Crippen molar-refractivity contribution in [1.29, 1.82) is 0 Å². The minimum Gasteiger partial charge on any atom is -0.455 e. The lowest BCUT2D eigenvalue weighted by atomic mass is 9.93. The molecule has 3 aromatic rings. The maximum absolute atomic E-state index is 12.9. The van der Waals surface area contributed by atoms with Gasteiger partial charge in [-0.25, -0.2) is 5.43 Å². The molecule has 1 aliphatic carbocycles. The first-order valence-corrected chi connectivity index (χ1v) is 11.0. The number of rotatable bonds is 4. The first-order valence-electron chi connectivity index (χ1n) is 9.85. The van der Waals surface area contributed by atoms with Crippen LogP contribution in [-0.4, -0.2) is 17.5 Å². The molecule has 1 heterocycles. The van der Waals surface area contributed by atoms with Gasteiger partial charge < -0.3 is 9.73 Å². The first-order chi connectivity index (χ1) is 15.3. The summed E-state index contributed by atoms with van der Waals surface area (Å²) in [4.78, 5) is 25.3. The molecule has 0 fully saturated rings. The molecule has 1 aliphatic rings. The monoisotopic (exact) mass is 489 g/mol. The molecule has 0 saturated heterocycles. The molecular formula is C23H18Cl3N3O3. The lowest BCUT2D eigenvalue weighted by Crippen LogP contribution is -2.22. The standard InChI is InChI=1S/C23H18Cl3N3O3/c1-12-19-16(28-29-22(30)13-8-10-14(24)11-9-13)5-3-7-18(19)32-21(12)23(31)27-17-6-2-4-15(25)20(17)26/h2,4,6,8-11H,3,5,7H2,1H3,(H,27,31)(H,29,30)/b28-16+. The number of nitrogens with one attached hydrogen (secondary N) is 2. The summed E-state index contributed by atoms with van der Waals surface area (Å²) >= 11 is 18.1. The average molecular weight is 491 g/mol. The summed E-state index contributed by atoms with van der Waals surface area (Å²) in [6.07, 6.45) is 2.11. The number of carbonyl (C=O) groups excluding carboxylic acids is 2. The third-order valence-corrected chi connectivity index (χ3v) is 6.20. The van der Waals surface area contributed by atoms with Crippen molar-refractivity contribution in [2.24, 2.45) is 5.10 Å². The summed E-state index contributed by atoms with van der Waals surface area (Å²) in [7, 11) is 0. The van der Waals surface area contributed by atoms with Crippen LogP contribution in [0.3, 0.4) is 0 Å². The van der Waals surface area contributed by atoms with Crippen molar-refractivity contribution in [3.05, 3.63) is 85.7 Å². The minimum atomic E-state index is -0.439. The summed E-state index contributed by atoms with van der Waals surface area (Å²) < 4.78 is 5.88. The predicted octanol–water partition coefficient (Wildman–Crippen LogP) is 6.27. The second kappa shape index (κ2) is 9.36. The van der Waals surface area contributed by atoms with Crippen LogP contribution < -0.4 is 10.7 Å². The highest BCUT2D eigenvalue weighted by Gasteiger charge is 2.28. The van der Waals surface area contributed by atoms with Crippen molar-refractivity contribution in [2.45, 2.75) is 26.2 Å². The van der Waals surface area contributed by atoms with Crippen molar-refractivity contribution >= 4 is 58.0 Å². The van der Waals surface area contributed by atoms with Gasteiger partial charge in [-0.2, -0.15) is 5.10 Å². The fourth-order valence-corrected chi connectivity index (χ4v) is 4.03. The molecule has 164 valence electrons. The van der Waals surface area contributed by atoms with Crippen LogP contribution in [0.4, 0.5) is 5.69 Å². The predicted molar refractivity (Wildman–Crippen MR) is 126 cm³/mol. The number of furan rings is 1. The van der Waals surface area contributed by atoms with Crippen LogP contribution in [0.2, 0.25) is 15.1 Å². The molecule has 4 rings (SSSR count). The molecule has 1 aromatic heterocycles. The van der Waals surface area contributed by atoms with E-state index in [0.29, 0.717) is 51.2 Å². The summed E-state index contributed by atoms with van der Waals surface area (Å²) in [5.41, 5.74) is 5.47. The summed E-state index contributed by atoms with van der Waals surface area (Å²) in [6, 6.07) is 11.5. The summed E-state index contributed by atoms with van der Waals surface area (Å²) in [5, 5.41) is 8.20. The molecule has 0 aliphatic heterocycles. The molecule has 0 atom stereocenters. The molecule has 2 N–H and O–H groups in total. The quantitative estimate of drug-likeness (QED) is 0.423. The van der Waals surface area contributed by atoms with Gasteiger partial charge >= 0.3 is 0 Å². The molecule has 0 spiro atoms. The highest BCUT2D eigenvalue weighted by molar-refractivity contribution is 6.44. The van der Waals surface area contributed by atoms with Gasteiger partial charge in [0.1, 0.15) is 5.76 Å². The topological polar surface area (TPSA) is 83.7 Å². The molecule has 2 amide bonds. The highest BCUT2D eigenvalue weighted by atomic mass is 35.5. The normalized spacial score (nSPS) is 14.2. The van der Waals surface area contributed by atoms with Crippen molar-refractivity contribution in [1.82, 2.24) is 5.43 Å². The van der Waals surface area contributed by atoms with E-state index >= 15 is 0 Å². The number of hydrogen-bond acceptors (Lipinski definition) is 4. The van der Waals surface area contributed by atoms with E-state index in [1.165, 1.54) is 0 Å². The van der Waals surface area contributed by atoms with Crippen LogP contribution in [0.1, 0.15) is 50.6 Å². The zero-order valence-electron chi connectivity index (χ0n) is 17.0. The molecule has 0 radical (unpaired) electrons. The third kappa shape index (κ3) is 4.53. The molecule has 9 heteroatoms. The van der Waals surface area contributed by atoms with Gasteiger partial charge in [0.25, 0.3) is 11.8 Å². The number of benzene rings is 2. The fourth-order valence-electron chi connectivity index (χ4n) is 3.56. The zero-order chi connectivity index (χ0) is 22.8. The van der Waals surface area contributed by atoms with Gasteiger partial charge in [-0.3, -0.25) is 9.59 Å². The third-order valence-electron chi connectivity index (χ3n) is 5.13. The Morgan fingerprint density at radius 3 is 2.50 bits per heavy atom. The van der Waals surface area contributed by atoms with E-state index in [1.807, 2.05) is 0 Å². The number of hydrazone groups is 1. The van der Waals surface area contributed by atoms with E-state index in [0.717, 1.165) is 12.0 Å². The van der Waals surface area contributed by atoms with E-state index in [9.17, 15) is 9.59 Å². The van der Waals surface area contributed by atoms with Gasteiger partial charge in [-0.1, -0.05) is 40.9 Å². The number of amides is 2. The number of halogens is 3. The maximum atomic E-state index is 12.9. The lowest BCUT2D eigenvalue weighted by Gasteiger charge is -2.13. The Morgan fingerprint density at radius 2 is 1.75 bits per heavy atom. The smallest absolute Gasteiger partial charge is 0.291 e. The van der Waals surface area contributed by atoms with Crippen molar-refractivity contribution in [3.8, 4) is 0 Å². The van der Waals surface area contributed by atoms with E-state index in [2.05, 4.69) is 15.8 Å². The molecule has 0 bridgehead atoms. The van der Waals surface area contributed by atoms with E-state index < -0.39 is 5.91 Å². The molecule has 0 saturated carbocycles. The van der Waals surface area contributed by atoms with Gasteiger partial charge in [0, 0.05) is 28.1 Å². The Hall–Kier alpha value is -2.80. The van der Waals surface area contributed by atoms with E-state index in [4.69, 9.17) is 39.2 Å². The van der Waals surface area contributed by atoms with Crippen molar-refractivity contribution in [2.75, 3.05) is 5.32 Å². The average Bonchev–Trinajstić information content (AvgIpc) is 3.13. The Bertz CT molecular complexity index is 1230. The summed E-state index contributed by atoms with van der Waals surface area (Å²) in [5.74, 6) is 0.0434. The first kappa shape index (κ1) is 22.4. The molecular weight excluding hydrogens is 473 g/mol. The van der Waals surface area contributed by atoms with Gasteiger partial charge in [-0.05, 0) is 56.2 Å². The minimum absolute atomic E-state index is 0.171. The number of fused-ring (bicyclic) bond motifs is 1. The van der Waals surface area contributed by atoms with Gasteiger partial charge in [0.2, 0.25) is 0 Å². The Kier molecular flexibility index (Phi) is 6.55. The number of carbonyl (C=O) groups is 2. The van der Waals surface area contributed by atoms with Crippen molar-refractivity contribution < 1.29 is 14.0 Å². The fraction of sp³-hybridized carbons (Fsp3) is 0.174. The lowest BCUT2D eigenvalue weighted by molar-refractivity contribution is 0.0953. The summed E-state index contributed by atoms with van der Waals surface area (Å²) in [6.45, 7) is 1.79. The maximum Gasteiger partial charge on any atom is 0.291 e. The Balaban J connectivity index is 1.57. The van der Waals surface area contributed by atoms with Crippen LogP contribution in [0.5, 0.6) is 0 Å². The molecule has 6 nitrogen and oxygen atoms in total. The Labute approximate surface area is 199 Å². The van der Waals surface area contributed by atoms with Crippen LogP contribution in [0, 0.1) is 6.92 Å². The van der Waals surface area contributed by atoms with Gasteiger partial charge in [0.15, 0.2) is 5.76 Å². The van der Waals surface area contributed by atoms with Crippen LogP contribution in [0.15, 0.2) is 52.0 Å².